The molecule has 10 heteroatoms. The highest BCUT2D eigenvalue weighted by Crippen LogP contribution is 2.24. The molecule has 1 aromatic heterocycles. The van der Waals surface area contributed by atoms with Crippen LogP contribution in [0.2, 0.25) is 0 Å². The van der Waals surface area contributed by atoms with Gasteiger partial charge in [0.1, 0.15) is 4.21 Å². The van der Waals surface area contributed by atoms with E-state index in [0.717, 1.165) is 11.3 Å². The molecule has 0 radical (unpaired) electrons. The molecule has 3 rings (SSSR count). The maximum absolute atomic E-state index is 12.6. The van der Waals surface area contributed by atoms with Gasteiger partial charge in [-0.15, -0.1) is 11.3 Å². The summed E-state index contributed by atoms with van der Waals surface area (Å²) in [6, 6.07) is 10.8. The van der Waals surface area contributed by atoms with Crippen LogP contribution in [0, 0.1) is 11.3 Å². The maximum Gasteiger partial charge on any atom is 0.252 e. The predicted molar refractivity (Wildman–Crippen MR) is 93.0 cm³/mol. The van der Waals surface area contributed by atoms with Gasteiger partial charge in [-0.2, -0.15) is 13.9 Å². The summed E-state index contributed by atoms with van der Waals surface area (Å²) in [6.45, 7) is 0.394. The highest BCUT2D eigenvalue weighted by Gasteiger charge is 2.34. The second kappa shape index (κ2) is 6.86. The Morgan fingerprint density at radius 1 is 0.880 bits per heavy atom. The quantitative estimate of drug-likeness (QED) is 0.775. The zero-order valence-corrected chi connectivity index (χ0v) is 15.5. The highest BCUT2D eigenvalue weighted by molar-refractivity contribution is 7.91. The minimum atomic E-state index is -3.70. The van der Waals surface area contributed by atoms with E-state index in [-0.39, 0.29) is 35.3 Å². The third-order valence-corrected chi connectivity index (χ3v) is 9.09. The van der Waals surface area contributed by atoms with Gasteiger partial charge in [0.15, 0.2) is 0 Å². The molecule has 132 valence electrons. The molecule has 1 aromatic carbocycles. The third-order valence-electron chi connectivity index (χ3n) is 3.91. The van der Waals surface area contributed by atoms with Crippen LogP contribution < -0.4 is 0 Å². The number of nitrogens with zero attached hydrogens (tertiary/aromatic N) is 3. The van der Waals surface area contributed by atoms with Crippen molar-refractivity contribution in [2.75, 3.05) is 26.2 Å². The lowest BCUT2D eigenvalue weighted by Gasteiger charge is -2.32. The number of rotatable bonds is 4. The van der Waals surface area contributed by atoms with Crippen LogP contribution in [0.15, 0.2) is 50.9 Å². The van der Waals surface area contributed by atoms with Crippen LogP contribution in [-0.2, 0) is 20.0 Å². The summed E-state index contributed by atoms with van der Waals surface area (Å²) in [4.78, 5) is 0.0982. The molecular weight excluding hydrogens is 382 g/mol. The molecule has 1 aliphatic heterocycles. The first-order valence-electron chi connectivity index (χ1n) is 7.40. The molecule has 2 aromatic rings. The average molecular weight is 398 g/mol. The van der Waals surface area contributed by atoms with E-state index in [2.05, 4.69) is 0 Å². The Labute approximate surface area is 150 Å². The molecule has 1 aliphatic rings. The Balaban J connectivity index is 1.74. The van der Waals surface area contributed by atoms with Crippen LogP contribution in [0.3, 0.4) is 0 Å². The molecule has 0 saturated carbocycles. The highest BCUT2D eigenvalue weighted by atomic mass is 32.2. The lowest BCUT2D eigenvalue weighted by molar-refractivity contribution is 0.273. The largest absolute Gasteiger partial charge is 0.252 e. The van der Waals surface area contributed by atoms with Crippen molar-refractivity contribution in [1.82, 2.24) is 8.61 Å². The second-order valence-electron chi connectivity index (χ2n) is 5.38. The number of hydrogen-bond acceptors (Lipinski definition) is 6. The fourth-order valence-corrected chi connectivity index (χ4v) is 6.53. The molecule has 25 heavy (non-hydrogen) atoms. The summed E-state index contributed by atoms with van der Waals surface area (Å²) in [5, 5.41) is 10.5. The summed E-state index contributed by atoms with van der Waals surface area (Å²) in [6.07, 6.45) is 0. The van der Waals surface area contributed by atoms with E-state index in [1.807, 2.05) is 6.07 Å². The Kier molecular flexibility index (Phi) is 4.95. The number of benzene rings is 1. The SMILES string of the molecule is N#Cc1ccc(S(=O)(=O)N2CCN(S(=O)(=O)c3cccs3)CC2)cc1. The van der Waals surface area contributed by atoms with E-state index in [1.54, 1.807) is 17.5 Å². The smallest absolute Gasteiger partial charge is 0.207 e. The fourth-order valence-electron chi connectivity index (χ4n) is 2.54. The Morgan fingerprint density at radius 3 is 1.92 bits per heavy atom. The zero-order chi connectivity index (χ0) is 18.1. The summed E-state index contributed by atoms with van der Waals surface area (Å²) in [5.41, 5.74) is 0.380. The third kappa shape index (κ3) is 3.47. The number of piperazine rings is 1. The van der Waals surface area contributed by atoms with Gasteiger partial charge in [0.05, 0.1) is 16.5 Å². The average Bonchev–Trinajstić information content (AvgIpc) is 3.17. The Bertz CT molecular complexity index is 983. The lowest BCUT2D eigenvalue weighted by Crippen LogP contribution is -2.50. The van der Waals surface area contributed by atoms with Crippen molar-refractivity contribution in [2.45, 2.75) is 9.10 Å². The first-order chi connectivity index (χ1) is 11.9. The Morgan fingerprint density at radius 2 is 1.44 bits per heavy atom. The molecule has 0 bridgehead atoms. The number of sulfonamides is 2. The van der Waals surface area contributed by atoms with Crippen molar-refractivity contribution in [3.05, 3.63) is 47.3 Å². The van der Waals surface area contributed by atoms with E-state index < -0.39 is 20.0 Å². The predicted octanol–water partition coefficient (Wildman–Crippen LogP) is 1.31. The molecule has 1 fully saturated rings. The molecule has 1 saturated heterocycles. The van der Waals surface area contributed by atoms with Gasteiger partial charge in [-0.1, -0.05) is 6.07 Å². The van der Waals surface area contributed by atoms with Gasteiger partial charge in [-0.25, -0.2) is 16.8 Å². The maximum atomic E-state index is 12.6. The van der Waals surface area contributed by atoms with Gasteiger partial charge in [0.25, 0.3) is 10.0 Å². The van der Waals surface area contributed by atoms with Crippen molar-refractivity contribution in [1.29, 1.82) is 5.26 Å². The summed E-state index contributed by atoms with van der Waals surface area (Å²) >= 11 is 1.14. The minimum absolute atomic E-state index is 0.0902. The van der Waals surface area contributed by atoms with E-state index in [0.29, 0.717) is 5.56 Å². The molecule has 2 heterocycles. The van der Waals surface area contributed by atoms with Crippen molar-refractivity contribution in [3.8, 4) is 6.07 Å². The molecule has 0 spiro atoms. The van der Waals surface area contributed by atoms with Crippen LogP contribution >= 0.6 is 11.3 Å². The zero-order valence-electron chi connectivity index (χ0n) is 13.1. The summed E-state index contributed by atoms with van der Waals surface area (Å²) in [5.74, 6) is 0. The first-order valence-corrected chi connectivity index (χ1v) is 11.2. The van der Waals surface area contributed by atoms with E-state index >= 15 is 0 Å². The van der Waals surface area contributed by atoms with Crippen molar-refractivity contribution in [3.63, 3.8) is 0 Å². The van der Waals surface area contributed by atoms with Crippen LogP contribution in [0.25, 0.3) is 0 Å². The number of nitriles is 1. The first kappa shape index (κ1) is 18.0. The van der Waals surface area contributed by atoms with Crippen LogP contribution in [0.4, 0.5) is 0 Å². The minimum Gasteiger partial charge on any atom is -0.207 e. The van der Waals surface area contributed by atoms with Crippen molar-refractivity contribution in [2.24, 2.45) is 0 Å². The van der Waals surface area contributed by atoms with Gasteiger partial charge in [0.2, 0.25) is 10.0 Å². The standard InChI is InChI=1S/C15H15N3O4S3/c16-12-13-3-5-14(6-4-13)24(19,20)17-7-9-18(10-8-17)25(21,22)15-2-1-11-23-15/h1-6,11H,7-10H2. The fraction of sp³-hybridized carbons (Fsp3) is 0.267. The van der Waals surface area contributed by atoms with E-state index in [9.17, 15) is 16.8 Å². The number of hydrogen-bond donors (Lipinski definition) is 0. The number of thiophene rings is 1. The van der Waals surface area contributed by atoms with Gasteiger partial charge in [-0.3, -0.25) is 0 Å². The van der Waals surface area contributed by atoms with Gasteiger partial charge in [-0.05, 0) is 35.7 Å². The van der Waals surface area contributed by atoms with Crippen LogP contribution in [0.5, 0.6) is 0 Å². The molecule has 0 aliphatic carbocycles. The molecule has 0 N–H and O–H groups in total. The van der Waals surface area contributed by atoms with Gasteiger partial charge < -0.3 is 0 Å². The monoisotopic (exact) mass is 397 g/mol. The molecule has 0 amide bonds. The Hall–Kier alpha value is -1.77. The summed E-state index contributed by atoms with van der Waals surface area (Å²) < 4.78 is 53.1. The molecule has 7 nitrogen and oxygen atoms in total. The summed E-state index contributed by atoms with van der Waals surface area (Å²) in [7, 11) is -7.27. The van der Waals surface area contributed by atoms with Gasteiger partial charge >= 0.3 is 0 Å². The van der Waals surface area contributed by atoms with Crippen LogP contribution in [-0.4, -0.2) is 51.6 Å². The van der Waals surface area contributed by atoms with Gasteiger partial charge in [0, 0.05) is 26.2 Å². The van der Waals surface area contributed by atoms with E-state index in [4.69, 9.17) is 5.26 Å². The normalized spacial score (nSPS) is 17.2. The lowest BCUT2D eigenvalue weighted by atomic mass is 10.2. The molecular formula is C15H15N3O4S3. The van der Waals surface area contributed by atoms with Crippen molar-refractivity contribution >= 4 is 31.4 Å². The topological polar surface area (TPSA) is 98.5 Å². The van der Waals surface area contributed by atoms with E-state index in [1.165, 1.54) is 32.9 Å². The van der Waals surface area contributed by atoms with Crippen LogP contribution in [0.1, 0.15) is 5.56 Å². The second-order valence-corrected chi connectivity index (χ2v) is 10.4. The molecule has 0 unspecified atom stereocenters. The molecule has 0 atom stereocenters. The van der Waals surface area contributed by atoms with Crippen molar-refractivity contribution < 1.29 is 16.8 Å².